The van der Waals surface area contributed by atoms with Gasteiger partial charge >= 0.3 is 6.61 Å². The molecule has 2 rings (SSSR count). The Kier molecular flexibility index (Phi) is 4.68. The van der Waals surface area contributed by atoms with Crippen molar-refractivity contribution in [3.8, 4) is 17.0 Å². The number of nitrogens with zero attached hydrogens (tertiary/aromatic N) is 1. The number of hydrogen-bond donors (Lipinski definition) is 1. The van der Waals surface area contributed by atoms with Gasteiger partial charge in [0.1, 0.15) is 5.75 Å². The molecule has 0 unspecified atom stereocenters. The zero-order valence-electron chi connectivity index (χ0n) is 10.9. The molecule has 1 aromatic heterocycles. The van der Waals surface area contributed by atoms with E-state index in [1.54, 1.807) is 29.5 Å². The van der Waals surface area contributed by atoms with E-state index in [2.05, 4.69) is 21.6 Å². The summed E-state index contributed by atoms with van der Waals surface area (Å²) in [5.74, 6) is 0.140. The van der Waals surface area contributed by atoms with Crippen molar-refractivity contribution in [3.63, 3.8) is 0 Å². The van der Waals surface area contributed by atoms with E-state index in [1.165, 1.54) is 12.1 Å². The summed E-state index contributed by atoms with van der Waals surface area (Å²) in [5.41, 5.74) is 1.71. The van der Waals surface area contributed by atoms with Gasteiger partial charge in [0.05, 0.1) is 5.69 Å². The number of rotatable bonds is 6. The van der Waals surface area contributed by atoms with Gasteiger partial charge in [-0.2, -0.15) is 8.78 Å². The number of nitrogens with one attached hydrogen (secondary N) is 1. The Balaban J connectivity index is 2.18. The quantitative estimate of drug-likeness (QED) is 0.806. The summed E-state index contributed by atoms with van der Waals surface area (Å²) in [7, 11) is 0. The normalized spacial score (nSPS) is 10.6. The first-order valence-electron chi connectivity index (χ1n) is 5.97. The van der Waals surface area contributed by atoms with E-state index < -0.39 is 6.61 Å². The number of aryl methyl sites for hydroxylation is 1. The molecule has 1 N–H and O–H groups in total. The average Bonchev–Trinajstić information content (AvgIpc) is 2.78. The molecule has 0 aliphatic heterocycles. The lowest BCUT2D eigenvalue weighted by Gasteiger charge is -2.05. The first-order valence-corrected chi connectivity index (χ1v) is 6.79. The van der Waals surface area contributed by atoms with Crippen molar-refractivity contribution in [2.45, 2.75) is 13.5 Å². The highest BCUT2D eigenvalue weighted by Gasteiger charge is 2.10. The zero-order chi connectivity index (χ0) is 14.5. The lowest BCUT2D eigenvalue weighted by Crippen LogP contribution is -2.01. The van der Waals surface area contributed by atoms with Crippen LogP contribution in [0.25, 0.3) is 11.3 Å². The predicted octanol–water partition coefficient (Wildman–Crippen LogP) is 4.32. The molecule has 0 saturated carbocycles. The minimum absolute atomic E-state index is 0.140. The van der Waals surface area contributed by atoms with Crippen LogP contribution < -0.4 is 10.1 Å². The Hall–Kier alpha value is -1.95. The van der Waals surface area contributed by atoms with Crippen molar-refractivity contribution in [1.82, 2.24) is 4.98 Å². The number of anilines is 1. The molecule has 0 radical (unpaired) electrons. The predicted molar refractivity (Wildman–Crippen MR) is 77.6 cm³/mol. The number of thiazole rings is 1. The molecule has 0 amide bonds. The van der Waals surface area contributed by atoms with Gasteiger partial charge in [0.15, 0.2) is 5.13 Å². The first-order chi connectivity index (χ1) is 9.60. The van der Waals surface area contributed by atoms with Crippen LogP contribution in [0.4, 0.5) is 13.9 Å². The smallest absolute Gasteiger partial charge is 0.387 e. The Labute approximate surface area is 119 Å². The van der Waals surface area contributed by atoms with Gasteiger partial charge in [0, 0.05) is 17.0 Å². The number of halogens is 2. The number of alkyl halides is 2. The van der Waals surface area contributed by atoms with Crippen LogP contribution in [0.2, 0.25) is 0 Å². The molecule has 1 aromatic carbocycles. The number of benzene rings is 1. The fourth-order valence-corrected chi connectivity index (χ4v) is 2.54. The van der Waals surface area contributed by atoms with Crippen LogP contribution in [0.15, 0.2) is 36.9 Å². The maximum Gasteiger partial charge on any atom is 0.387 e. The molecular weight excluding hydrogens is 282 g/mol. The summed E-state index contributed by atoms with van der Waals surface area (Å²) < 4.78 is 28.5. The van der Waals surface area contributed by atoms with E-state index in [0.29, 0.717) is 6.54 Å². The van der Waals surface area contributed by atoms with Crippen molar-refractivity contribution in [2.75, 3.05) is 11.9 Å². The van der Waals surface area contributed by atoms with Crippen LogP contribution in [0, 0.1) is 6.92 Å². The van der Waals surface area contributed by atoms with Crippen molar-refractivity contribution in [3.05, 3.63) is 41.8 Å². The summed E-state index contributed by atoms with van der Waals surface area (Å²) in [6, 6.07) is 6.46. The zero-order valence-corrected chi connectivity index (χ0v) is 11.7. The third-order valence-corrected chi connectivity index (χ3v) is 3.48. The molecule has 20 heavy (non-hydrogen) atoms. The molecule has 0 fully saturated rings. The second kappa shape index (κ2) is 6.47. The molecule has 2 aromatic rings. The third-order valence-electron chi connectivity index (χ3n) is 2.55. The second-order valence-corrected chi connectivity index (χ2v) is 5.20. The van der Waals surface area contributed by atoms with Gasteiger partial charge in [-0.1, -0.05) is 6.08 Å². The van der Waals surface area contributed by atoms with E-state index in [1.807, 2.05) is 6.92 Å². The van der Waals surface area contributed by atoms with Crippen molar-refractivity contribution in [2.24, 2.45) is 0 Å². The van der Waals surface area contributed by atoms with E-state index in [9.17, 15) is 8.78 Å². The van der Waals surface area contributed by atoms with Gasteiger partial charge in [0.25, 0.3) is 0 Å². The Morgan fingerprint density at radius 1 is 1.40 bits per heavy atom. The van der Waals surface area contributed by atoms with Crippen LogP contribution in [0.1, 0.15) is 4.88 Å². The fraction of sp³-hybridized carbons (Fsp3) is 0.214. The highest BCUT2D eigenvalue weighted by atomic mass is 32.1. The van der Waals surface area contributed by atoms with Gasteiger partial charge in [-0.15, -0.1) is 17.9 Å². The van der Waals surface area contributed by atoms with Crippen LogP contribution in [0.5, 0.6) is 5.75 Å². The van der Waals surface area contributed by atoms with Crippen molar-refractivity contribution in [1.29, 1.82) is 0 Å². The maximum absolute atomic E-state index is 12.1. The highest BCUT2D eigenvalue weighted by Crippen LogP contribution is 2.31. The maximum atomic E-state index is 12.1. The first kappa shape index (κ1) is 14.5. The SMILES string of the molecule is C=CCNc1nc(-c2ccc(OC(F)F)cc2)c(C)s1. The van der Waals surface area contributed by atoms with E-state index in [0.717, 1.165) is 21.3 Å². The molecular formula is C14H14F2N2OS. The highest BCUT2D eigenvalue weighted by molar-refractivity contribution is 7.16. The molecule has 6 heteroatoms. The fourth-order valence-electron chi connectivity index (χ4n) is 1.69. The van der Waals surface area contributed by atoms with E-state index in [4.69, 9.17) is 0 Å². The minimum Gasteiger partial charge on any atom is -0.435 e. The van der Waals surface area contributed by atoms with Crippen LogP contribution >= 0.6 is 11.3 Å². The molecule has 0 aliphatic carbocycles. The molecule has 0 spiro atoms. The monoisotopic (exact) mass is 296 g/mol. The summed E-state index contributed by atoms with van der Waals surface area (Å²) in [4.78, 5) is 5.53. The molecule has 1 heterocycles. The number of aromatic nitrogens is 1. The van der Waals surface area contributed by atoms with Gasteiger partial charge < -0.3 is 10.1 Å². The standard InChI is InChI=1S/C14H14F2N2OS/c1-3-8-17-14-18-12(9(2)20-14)10-4-6-11(7-5-10)19-13(15)16/h3-7,13H,1,8H2,2H3,(H,17,18). The largest absolute Gasteiger partial charge is 0.435 e. The van der Waals surface area contributed by atoms with Crippen LogP contribution in [-0.2, 0) is 0 Å². The summed E-state index contributed by atoms with van der Waals surface area (Å²) >= 11 is 1.54. The lowest BCUT2D eigenvalue weighted by molar-refractivity contribution is -0.0498. The molecule has 0 atom stereocenters. The van der Waals surface area contributed by atoms with Crippen LogP contribution in [0.3, 0.4) is 0 Å². The Bertz CT molecular complexity index is 581. The van der Waals surface area contributed by atoms with E-state index >= 15 is 0 Å². The average molecular weight is 296 g/mol. The van der Waals surface area contributed by atoms with Gasteiger partial charge in [-0.25, -0.2) is 4.98 Å². The molecule has 0 aliphatic rings. The van der Waals surface area contributed by atoms with Gasteiger partial charge in [0.2, 0.25) is 0 Å². The van der Waals surface area contributed by atoms with E-state index in [-0.39, 0.29) is 5.75 Å². The molecule has 3 nitrogen and oxygen atoms in total. The molecule has 0 bridgehead atoms. The molecule has 106 valence electrons. The number of hydrogen-bond acceptors (Lipinski definition) is 4. The Morgan fingerprint density at radius 2 is 2.10 bits per heavy atom. The van der Waals surface area contributed by atoms with Crippen LogP contribution in [-0.4, -0.2) is 18.1 Å². The second-order valence-electron chi connectivity index (χ2n) is 4.00. The topological polar surface area (TPSA) is 34.2 Å². The lowest BCUT2D eigenvalue weighted by atomic mass is 10.1. The Morgan fingerprint density at radius 3 is 2.70 bits per heavy atom. The summed E-state index contributed by atoms with van der Waals surface area (Å²) in [6.45, 7) is 3.44. The third kappa shape index (κ3) is 3.54. The van der Waals surface area contributed by atoms with Crippen molar-refractivity contribution >= 4 is 16.5 Å². The summed E-state index contributed by atoms with van der Waals surface area (Å²) in [5, 5.41) is 3.94. The minimum atomic E-state index is -2.81. The number of ether oxygens (including phenoxy) is 1. The van der Waals surface area contributed by atoms with Gasteiger partial charge in [-0.05, 0) is 31.2 Å². The van der Waals surface area contributed by atoms with Crippen molar-refractivity contribution < 1.29 is 13.5 Å². The van der Waals surface area contributed by atoms with Gasteiger partial charge in [-0.3, -0.25) is 0 Å². The molecule has 0 saturated heterocycles. The summed E-state index contributed by atoms with van der Waals surface area (Å²) in [6.07, 6.45) is 1.76.